The first-order valence-corrected chi connectivity index (χ1v) is 13.1. The van der Waals surface area contributed by atoms with Gasteiger partial charge in [0, 0.05) is 29.4 Å². The van der Waals surface area contributed by atoms with Gasteiger partial charge in [-0.25, -0.2) is 13.4 Å². The second-order valence-electron chi connectivity index (χ2n) is 8.05. The average Bonchev–Trinajstić information content (AvgIpc) is 3.33. The average molecular weight is 538 g/mol. The van der Waals surface area contributed by atoms with Crippen LogP contribution in [0.25, 0.3) is 22.3 Å². The molecule has 3 heterocycles. The van der Waals surface area contributed by atoms with Gasteiger partial charge in [0.1, 0.15) is 5.75 Å². The molecule has 0 unspecified atom stereocenters. The number of fused-ring (bicyclic) bond motifs is 1. The maximum absolute atomic E-state index is 12.9. The minimum absolute atomic E-state index is 0.0257. The predicted molar refractivity (Wildman–Crippen MR) is 137 cm³/mol. The first-order chi connectivity index (χ1) is 18.3. The number of halogens is 2. The van der Waals surface area contributed by atoms with E-state index in [-0.39, 0.29) is 33.8 Å². The fraction of sp³-hybridized carbons (Fsp3) is 0.111. The lowest BCUT2D eigenvalue weighted by Crippen LogP contribution is -2.05. The van der Waals surface area contributed by atoms with Gasteiger partial charge < -0.3 is 19.2 Å². The molecule has 2 aromatic carbocycles. The van der Waals surface area contributed by atoms with E-state index in [1.807, 2.05) is 24.3 Å². The number of pyridine rings is 2. The summed E-state index contributed by atoms with van der Waals surface area (Å²) in [6.07, 6.45) is 2.99. The molecule has 5 rings (SSSR count). The van der Waals surface area contributed by atoms with Crippen molar-refractivity contribution in [3.05, 3.63) is 85.2 Å². The summed E-state index contributed by atoms with van der Waals surface area (Å²) in [7, 11) is -3.38. The number of nitrogens with one attached hydrogen (secondary N) is 1. The molecule has 0 saturated carbocycles. The van der Waals surface area contributed by atoms with Gasteiger partial charge in [0.05, 0.1) is 22.0 Å². The van der Waals surface area contributed by atoms with Gasteiger partial charge in [0.15, 0.2) is 27.1 Å². The van der Waals surface area contributed by atoms with Gasteiger partial charge in [0.2, 0.25) is 0 Å². The van der Waals surface area contributed by atoms with E-state index in [4.69, 9.17) is 9.47 Å². The van der Waals surface area contributed by atoms with Gasteiger partial charge in [-0.2, -0.15) is 8.78 Å². The minimum Gasteiger partial charge on any atom is -0.453 e. The molecular formula is C27H21F2N3O5S. The summed E-state index contributed by atoms with van der Waals surface area (Å²) in [5, 5.41) is 0.772. The van der Waals surface area contributed by atoms with Gasteiger partial charge in [-0.3, -0.25) is 4.98 Å². The minimum atomic E-state index is -3.38. The zero-order valence-corrected chi connectivity index (χ0v) is 20.8. The van der Waals surface area contributed by atoms with Crippen molar-refractivity contribution in [3.8, 4) is 40.3 Å². The standard InChI is InChI=1S/C27H21F2N3O5S/c1-2-38(33,34)19-10-8-18(9-11-19)35-24-15-17-14-22(20-6-3-4-12-30-20)32-21(17)16-25(24)36-23-7-5-13-31-26(23)37-27(28)29/h3-16,27,32H,2H2,1H3. The molecule has 0 radical (unpaired) electrons. The van der Waals surface area contributed by atoms with E-state index < -0.39 is 16.4 Å². The Hall–Kier alpha value is -4.51. The van der Waals surface area contributed by atoms with Gasteiger partial charge in [-0.15, -0.1) is 0 Å². The predicted octanol–water partition coefficient (Wildman–Crippen LogP) is 6.60. The molecule has 0 aliphatic heterocycles. The molecule has 38 heavy (non-hydrogen) atoms. The highest BCUT2D eigenvalue weighted by Gasteiger charge is 2.18. The number of aromatic amines is 1. The summed E-state index contributed by atoms with van der Waals surface area (Å²) in [5.41, 5.74) is 2.15. The quantitative estimate of drug-likeness (QED) is 0.226. The van der Waals surface area contributed by atoms with E-state index in [9.17, 15) is 17.2 Å². The van der Waals surface area contributed by atoms with Crippen LogP contribution in [-0.4, -0.2) is 35.7 Å². The Bertz CT molecular complexity index is 1670. The third-order valence-corrected chi connectivity index (χ3v) is 7.32. The van der Waals surface area contributed by atoms with Crippen LogP contribution in [0.5, 0.6) is 28.9 Å². The van der Waals surface area contributed by atoms with Crippen LogP contribution in [0.4, 0.5) is 8.78 Å². The number of hydrogen-bond acceptors (Lipinski definition) is 7. The Morgan fingerprint density at radius 1 is 0.868 bits per heavy atom. The van der Waals surface area contributed by atoms with Gasteiger partial charge in [0.25, 0.3) is 5.88 Å². The Morgan fingerprint density at radius 2 is 1.63 bits per heavy atom. The van der Waals surface area contributed by atoms with E-state index in [1.165, 1.54) is 42.6 Å². The number of aromatic nitrogens is 3. The highest BCUT2D eigenvalue weighted by molar-refractivity contribution is 7.91. The van der Waals surface area contributed by atoms with Crippen LogP contribution in [0.3, 0.4) is 0 Å². The third kappa shape index (κ3) is 5.42. The first kappa shape index (κ1) is 25.2. The molecule has 0 saturated heterocycles. The van der Waals surface area contributed by atoms with Crippen LogP contribution in [0.15, 0.2) is 90.1 Å². The molecule has 1 N–H and O–H groups in total. The van der Waals surface area contributed by atoms with Crippen molar-refractivity contribution < 1.29 is 31.4 Å². The summed E-state index contributed by atoms with van der Waals surface area (Å²) in [6, 6.07) is 19.7. The lowest BCUT2D eigenvalue weighted by Gasteiger charge is -2.15. The van der Waals surface area contributed by atoms with Crippen LogP contribution in [0, 0.1) is 0 Å². The van der Waals surface area contributed by atoms with E-state index >= 15 is 0 Å². The molecule has 0 atom stereocenters. The van der Waals surface area contributed by atoms with Crippen molar-refractivity contribution in [1.82, 2.24) is 15.0 Å². The Labute approximate surface area is 216 Å². The number of rotatable bonds is 9. The molecule has 0 bridgehead atoms. The highest BCUT2D eigenvalue weighted by atomic mass is 32.2. The molecule has 0 aliphatic carbocycles. The third-order valence-electron chi connectivity index (χ3n) is 5.57. The Morgan fingerprint density at radius 3 is 2.34 bits per heavy atom. The summed E-state index contributed by atoms with van der Waals surface area (Å²) in [5.74, 6) is 0.328. The summed E-state index contributed by atoms with van der Waals surface area (Å²) < 4.78 is 66.7. The number of H-pyrrole nitrogens is 1. The molecule has 0 spiro atoms. The van der Waals surface area contributed by atoms with Crippen molar-refractivity contribution in [2.75, 3.05) is 5.75 Å². The first-order valence-electron chi connectivity index (χ1n) is 11.5. The van der Waals surface area contributed by atoms with Crippen LogP contribution in [0.2, 0.25) is 0 Å². The highest BCUT2D eigenvalue weighted by Crippen LogP contribution is 2.41. The summed E-state index contributed by atoms with van der Waals surface area (Å²) in [6.45, 7) is -1.52. The van der Waals surface area contributed by atoms with Gasteiger partial charge in [-0.05, 0) is 60.7 Å². The topological polar surface area (TPSA) is 103 Å². The van der Waals surface area contributed by atoms with E-state index in [0.29, 0.717) is 11.3 Å². The second kappa shape index (κ2) is 10.5. The largest absolute Gasteiger partial charge is 0.453 e. The Balaban J connectivity index is 1.56. The molecule has 194 valence electrons. The molecule has 0 aliphatic rings. The number of hydrogen-bond donors (Lipinski definition) is 1. The number of sulfone groups is 1. The lowest BCUT2D eigenvalue weighted by atomic mass is 10.2. The van der Waals surface area contributed by atoms with Crippen molar-refractivity contribution in [2.24, 2.45) is 0 Å². The normalized spacial score (nSPS) is 11.6. The van der Waals surface area contributed by atoms with Crippen molar-refractivity contribution in [1.29, 1.82) is 0 Å². The van der Waals surface area contributed by atoms with E-state index in [2.05, 4.69) is 19.7 Å². The molecule has 3 aromatic heterocycles. The lowest BCUT2D eigenvalue weighted by molar-refractivity contribution is -0.0541. The fourth-order valence-corrected chi connectivity index (χ4v) is 4.60. The van der Waals surface area contributed by atoms with Gasteiger partial charge >= 0.3 is 6.61 Å². The molecule has 0 fully saturated rings. The van der Waals surface area contributed by atoms with E-state index in [0.717, 1.165) is 16.8 Å². The van der Waals surface area contributed by atoms with Crippen LogP contribution in [0.1, 0.15) is 6.92 Å². The SMILES string of the molecule is CCS(=O)(=O)c1ccc(Oc2cc3cc(-c4ccccn4)[nH]c3cc2Oc2cccnc2OC(F)F)cc1. The molecule has 8 nitrogen and oxygen atoms in total. The second-order valence-corrected chi connectivity index (χ2v) is 10.3. The molecular weight excluding hydrogens is 516 g/mol. The Kier molecular flexibility index (Phi) is 6.93. The summed E-state index contributed by atoms with van der Waals surface area (Å²) >= 11 is 0. The van der Waals surface area contributed by atoms with Gasteiger partial charge in [-0.1, -0.05) is 13.0 Å². The zero-order chi connectivity index (χ0) is 26.7. The number of nitrogens with zero attached hydrogens (tertiary/aromatic N) is 2. The zero-order valence-electron chi connectivity index (χ0n) is 20.0. The van der Waals surface area contributed by atoms with Crippen LogP contribution >= 0.6 is 0 Å². The van der Waals surface area contributed by atoms with E-state index in [1.54, 1.807) is 25.3 Å². The van der Waals surface area contributed by atoms with Crippen molar-refractivity contribution in [2.45, 2.75) is 18.4 Å². The number of benzene rings is 2. The summed E-state index contributed by atoms with van der Waals surface area (Å²) in [4.78, 5) is 11.6. The number of alkyl halides is 2. The molecule has 11 heteroatoms. The van der Waals surface area contributed by atoms with Crippen molar-refractivity contribution >= 4 is 20.7 Å². The smallest absolute Gasteiger partial charge is 0.388 e. The number of ether oxygens (including phenoxy) is 3. The molecule has 5 aromatic rings. The maximum atomic E-state index is 12.9. The monoisotopic (exact) mass is 537 g/mol. The van der Waals surface area contributed by atoms with Crippen molar-refractivity contribution in [3.63, 3.8) is 0 Å². The fourth-order valence-electron chi connectivity index (χ4n) is 3.71. The molecule has 0 amide bonds. The van der Waals surface area contributed by atoms with Crippen LogP contribution in [-0.2, 0) is 9.84 Å². The maximum Gasteiger partial charge on any atom is 0.388 e. The van der Waals surface area contributed by atoms with Crippen LogP contribution < -0.4 is 14.2 Å².